The van der Waals surface area contributed by atoms with Crippen LogP contribution in [0.1, 0.15) is 35.9 Å². The summed E-state index contributed by atoms with van der Waals surface area (Å²) in [5.41, 5.74) is 6.23. The average molecular weight is 263 g/mol. The zero-order chi connectivity index (χ0) is 12.7. The number of nitrogens with two attached hydrogens (primary N) is 1. The van der Waals surface area contributed by atoms with E-state index in [1.807, 2.05) is 0 Å². The van der Waals surface area contributed by atoms with Crippen molar-refractivity contribution >= 4 is 17.1 Å². The topological polar surface area (TPSA) is 43.1 Å². The van der Waals surface area contributed by atoms with Crippen LogP contribution in [0.5, 0.6) is 0 Å². The number of rotatable bonds is 4. The molecule has 0 radical (unpaired) electrons. The van der Waals surface area contributed by atoms with Crippen molar-refractivity contribution in [1.82, 2.24) is 0 Å². The van der Waals surface area contributed by atoms with E-state index >= 15 is 0 Å². The first-order chi connectivity index (χ1) is 8.69. The molecule has 2 bridgehead atoms. The van der Waals surface area contributed by atoms with Crippen molar-refractivity contribution in [3.8, 4) is 0 Å². The summed E-state index contributed by atoms with van der Waals surface area (Å²) in [5, 5.41) is 0. The van der Waals surface area contributed by atoms with E-state index in [0.29, 0.717) is 24.0 Å². The Hall–Kier alpha value is -0.670. The fraction of sp³-hybridized carbons (Fsp3) is 0.667. The van der Waals surface area contributed by atoms with Gasteiger partial charge in [-0.25, -0.2) is 0 Å². The Bertz CT molecular complexity index is 451. The normalized spacial score (nSPS) is 34.1. The maximum Gasteiger partial charge on any atom is 0.142 e. The molecule has 0 spiro atoms. The summed E-state index contributed by atoms with van der Waals surface area (Å²) in [4.78, 5) is 15.0. The van der Waals surface area contributed by atoms with Crippen molar-refractivity contribution in [2.24, 2.45) is 23.5 Å². The van der Waals surface area contributed by atoms with Crippen LogP contribution in [0.3, 0.4) is 0 Å². The van der Waals surface area contributed by atoms with E-state index in [9.17, 15) is 4.79 Å². The number of Topliss-reactive ketones (excluding diaryl/α,β-unsaturated/α-hetero) is 1. The van der Waals surface area contributed by atoms with Gasteiger partial charge in [-0.1, -0.05) is 6.92 Å². The average Bonchev–Trinajstić information content (AvgIpc) is 3.03. The Labute approximate surface area is 113 Å². The fourth-order valence-corrected chi connectivity index (χ4v) is 4.78. The van der Waals surface area contributed by atoms with Crippen LogP contribution >= 0.6 is 11.3 Å². The van der Waals surface area contributed by atoms with Crippen molar-refractivity contribution < 1.29 is 4.79 Å². The van der Waals surface area contributed by atoms with Gasteiger partial charge < -0.3 is 5.73 Å². The molecule has 1 heterocycles. The first-order valence-corrected chi connectivity index (χ1v) is 7.86. The van der Waals surface area contributed by atoms with Gasteiger partial charge in [-0.3, -0.25) is 4.79 Å². The molecule has 0 aromatic carbocycles. The summed E-state index contributed by atoms with van der Waals surface area (Å²) in [5.74, 6) is 1.75. The minimum Gasteiger partial charge on any atom is -0.327 e. The van der Waals surface area contributed by atoms with Gasteiger partial charge in [-0.15, -0.1) is 11.3 Å². The highest BCUT2D eigenvalue weighted by Crippen LogP contribution is 2.48. The van der Waals surface area contributed by atoms with Crippen LogP contribution in [0.4, 0.5) is 0 Å². The Balaban J connectivity index is 1.68. The van der Waals surface area contributed by atoms with Crippen LogP contribution < -0.4 is 5.73 Å². The predicted octanol–water partition coefficient (Wildman–Crippen LogP) is 2.80. The molecule has 2 aliphatic carbocycles. The minimum absolute atomic E-state index is 0.141. The second kappa shape index (κ2) is 4.78. The van der Waals surface area contributed by atoms with Crippen LogP contribution in [-0.4, -0.2) is 11.8 Å². The Morgan fingerprint density at radius 3 is 2.67 bits per heavy atom. The summed E-state index contributed by atoms with van der Waals surface area (Å²) in [6.07, 6.45) is 5.33. The van der Waals surface area contributed by atoms with E-state index in [0.717, 1.165) is 6.42 Å². The lowest BCUT2D eigenvalue weighted by molar-refractivity contribution is -0.124. The molecule has 4 unspecified atom stereocenters. The van der Waals surface area contributed by atoms with E-state index in [2.05, 4.69) is 19.1 Å². The molecule has 1 aromatic rings. The Morgan fingerprint density at radius 1 is 1.33 bits per heavy atom. The van der Waals surface area contributed by atoms with Gasteiger partial charge in [-0.05, 0) is 49.7 Å². The molecule has 98 valence electrons. The van der Waals surface area contributed by atoms with Crippen molar-refractivity contribution in [2.75, 3.05) is 0 Å². The van der Waals surface area contributed by atoms with Crippen LogP contribution in [0.25, 0.3) is 0 Å². The van der Waals surface area contributed by atoms with Gasteiger partial charge in [0.25, 0.3) is 0 Å². The maximum atomic E-state index is 12.4. The molecule has 18 heavy (non-hydrogen) atoms. The molecule has 3 rings (SSSR count). The number of ketones is 1. The first kappa shape index (κ1) is 12.4. The molecule has 2 fully saturated rings. The third-order valence-electron chi connectivity index (χ3n) is 4.77. The number of carbonyl (C=O) groups is 1. The quantitative estimate of drug-likeness (QED) is 0.907. The van der Waals surface area contributed by atoms with Gasteiger partial charge in [0, 0.05) is 28.1 Å². The zero-order valence-electron chi connectivity index (χ0n) is 10.9. The first-order valence-electron chi connectivity index (χ1n) is 7.05. The van der Waals surface area contributed by atoms with E-state index in [4.69, 9.17) is 5.73 Å². The number of aryl methyl sites for hydroxylation is 1. The maximum absolute atomic E-state index is 12.4. The lowest BCUT2D eigenvalue weighted by Gasteiger charge is -2.26. The van der Waals surface area contributed by atoms with Crippen molar-refractivity contribution in [1.29, 1.82) is 0 Å². The van der Waals surface area contributed by atoms with E-state index < -0.39 is 0 Å². The number of carbonyl (C=O) groups excluding carboxylic acids is 1. The van der Waals surface area contributed by atoms with Crippen LogP contribution in [0.15, 0.2) is 12.1 Å². The number of hydrogen-bond donors (Lipinski definition) is 1. The second-order valence-electron chi connectivity index (χ2n) is 5.80. The van der Waals surface area contributed by atoms with Crippen LogP contribution in [0.2, 0.25) is 0 Å². The van der Waals surface area contributed by atoms with Gasteiger partial charge in [0.15, 0.2) is 0 Å². The molecule has 4 atom stereocenters. The third-order valence-corrected chi connectivity index (χ3v) is 6.00. The molecule has 0 aliphatic heterocycles. The smallest absolute Gasteiger partial charge is 0.142 e. The molecular formula is C15H21NOS. The summed E-state index contributed by atoms with van der Waals surface area (Å²) < 4.78 is 0. The fourth-order valence-electron chi connectivity index (χ4n) is 3.81. The second-order valence-corrected chi connectivity index (χ2v) is 7.05. The van der Waals surface area contributed by atoms with Gasteiger partial charge in [0.2, 0.25) is 0 Å². The zero-order valence-corrected chi connectivity index (χ0v) is 11.7. The van der Waals surface area contributed by atoms with Crippen molar-refractivity contribution in [3.63, 3.8) is 0 Å². The molecule has 0 saturated heterocycles. The lowest BCUT2D eigenvalue weighted by Crippen LogP contribution is -2.40. The highest BCUT2D eigenvalue weighted by atomic mass is 32.1. The van der Waals surface area contributed by atoms with Gasteiger partial charge in [0.05, 0.1) is 0 Å². The highest BCUT2D eigenvalue weighted by molar-refractivity contribution is 7.12. The number of thiophene rings is 1. The summed E-state index contributed by atoms with van der Waals surface area (Å²) in [6.45, 7) is 2.16. The van der Waals surface area contributed by atoms with Crippen molar-refractivity contribution in [2.45, 2.75) is 45.1 Å². The molecule has 1 aromatic heterocycles. The molecule has 2 aliphatic rings. The monoisotopic (exact) mass is 263 g/mol. The van der Waals surface area contributed by atoms with Crippen LogP contribution in [0, 0.1) is 17.8 Å². The molecular weight excluding hydrogens is 242 g/mol. The molecule has 2 N–H and O–H groups in total. The number of hydrogen-bond acceptors (Lipinski definition) is 3. The molecule has 0 amide bonds. The van der Waals surface area contributed by atoms with E-state index in [-0.39, 0.29) is 12.0 Å². The van der Waals surface area contributed by atoms with Gasteiger partial charge in [-0.2, -0.15) is 0 Å². The Morgan fingerprint density at radius 2 is 2.06 bits per heavy atom. The third kappa shape index (κ3) is 2.04. The molecule has 2 nitrogen and oxygen atoms in total. The molecule has 3 heteroatoms. The summed E-state index contributed by atoms with van der Waals surface area (Å²) in [7, 11) is 0. The SMILES string of the molecule is CCc1ccc(CC(=O)C2C3CCC(C3)C2N)s1. The Kier molecular flexibility index (Phi) is 3.29. The summed E-state index contributed by atoms with van der Waals surface area (Å²) in [6, 6.07) is 4.40. The minimum atomic E-state index is 0.141. The number of fused-ring (bicyclic) bond motifs is 2. The van der Waals surface area contributed by atoms with Gasteiger partial charge in [0.1, 0.15) is 5.78 Å². The van der Waals surface area contributed by atoms with E-state index in [1.54, 1.807) is 11.3 Å². The predicted molar refractivity (Wildman–Crippen MR) is 74.7 cm³/mol. The standard InChI is InChI=1S/C15H21NOS/c1-2-11-5-6-12(18-11)8-13(17)14-9-3-4-10(7-9)15(14)16/h5-6,9-10,14-15H,2-4,7-8,16H2,1H3. The van der Waals surface area contributed by atoms with Crippen LogP contribution in [-0.2, 0) is 17.6 Å². The van der Waals surface area contributed by atoms with Gasteiger partial charge >= 0.3 is 0 Å². The summed E-state index contributed by atoms with van der Waals surface area (Å²) >= 11 is 1.78. The highest BCUT2D eigenvalue weighted by Gasteiger charge is 2.48. The molecule has 2 saturated carbocycles. The van der Waals surface area contributed by atoms with E-state index in [1.165, 1.54) is 29.0 Å². The lowest BCUT2D eigenvalue weighted by atomic mass is 9.81. The largest absolute Gasteiger partial charge is 0.327 e. The van der Waals surface area contributed by atoms with Crippen molar-refractivity contribution in [3.05, 3.63) is 21.9 Å².